The molecule has 2 aromatic carbocycles. The molecule has 174 valence electrons. The Bertz CT molecular complexity index is 1220. The zero-order chi connectivity index (χ0) is 24.0. The molecule has 10 heteroatoms. The van der Waals surface area contributed by atoms with Crippen molar-refractivity contribution in [3.05, 3.63) is 58.6 Å². The van der Waals surface area contributed by atoms with Crippen molar-refractivity contribution >= 4 is 52.6 Å². The highest BCUT2D eigenvalue weighted by Gasteiger charge is 2.52. The van der Waals surface area contributed by atoms with Crippen LogP contribution >= 0.6 is 11.6 Å². The van der Waals surface area contributed by atoms with Crippen LogP contribution in [0.4, 0.5) is 16.2 Å². The summed E-state index contributed by atoms with van der Waals surface area (Å²) in [5, 5.41) is 5.57. The lowest BCUT2D eigenvalue weighted by atomic mass is 9.98. The Balaban J connectivity index is 1.23. The molecule has 34 heavy (non-hydrogen) atoms. The van der Waals surface area contributed by atoms with Gasteiger partial charge in [0, 0.05) is 18.7 Å². The summed E-state index contributed by atoms with van der Waals surface area (Å²) in [7, 11) is 0. The van der Waals surface area contributed by atoms with Crippen molar-refractivity contribution in [1.82, 2.24) is 10.2 Å². The summed E-state index contributed by atoms with van der Waals surface area (Å²) < 4.78 is 0. The van der Waals surface area contributed by atoms with Crippen LogP contribution in [0.2, 0.25) is 5.02 Å². The minimum Gasteiger partial charge on any atom is -0.326 e. The molecule has 0 aromatic heterocycles. The third-order valence-electron chi connectivity index (χ3n) is 6.53. The fourth-order valence-electron chi connectivity index (χ4n) is 4.81. The molecular formula is C24H21ClN4O5. The number of hydrogen-bond donors (Lipinski definition) is 2. The first kappa shape index (κ1) is 22.1. The SMILES string of the molecule is O=C(CCN1C(=O)NC2(CCCC2)C1=O)Nc1ccc(N2C(=O)c3ccccc3C2=O)c(Cl)c1. The van der Waals surface area contributed by atoms with Gasteiger partial charge in [-0.25, -0.2) is 9.69 Å². The first-order valence-electron chi connectivity index (χ1n) is 11.0. The Morgan fingerprint density at radius 3 is 2.26 bits per heavy atom. The van der Waals surface area contributed by atoms with E-state index in [2.05, 4.69) is 10.6 Å². The lowest BCUT2D eigenvalue weighted by molar-refractivity contribution is -0.131. The number of benzene rings is 2. The zero-order valence-electron chi connectivity index (χ0n) is 18.1. The Kier molecular flexibility index (Phi) is 5.36. The van der Waals surface area contributed by atoms with Gasteiger partial charge < -0.3 is 10.6 Å². The van der Waals surface area contributed by atoms with E-state index in [0.717, 1.165) is 22.6 Å². The second kappa shape index (κ2) is 8.25. The van der Waals surface area contributed by atoms with Gasteiger partial charge >= 0.3 is 6.03 Å². The van der Waals surface area contributed by atoms with E-state index >= 15 is 0 Å². The minimum atomic E-state index is -0.805. The molecule has 2 fully saturated rings. The molecular weight excluding hydrogens is 460 g/mol. The van der Waals surface area contributed by atoms with Gasteiger partial charge in [0.1, 0.15) is 5.54 Å². The highest BCUT2D eigenvalue weighted by molar-refractivity contribution is 6.40. The molecule has 1 aliphatic carbocycles. The Labute approximate surface area is 200 Å². The predicted molar refractivity (Wildman–Crippen MR) is 124 cm³/mol. The van der Waals surface area contributed by atoms with Crippen molar-refractivity contribution in [3.8, 4) is 0 Å². The molecule has 2 aromatic rings. The number of rotatable bonds is 5. The number of carbonyl (C=O) groups is 5. The summed E-state index contributed by atoms with van der Waals surface area (Å²) in [5.41, 5.74) is 0.384. The first-order chi connectivity index (χ1) is 16.3. The van der Waals surface area contributed by atoms with Gasteiger partial charge in [-0.05, 0) is 43.2 Å². The van der Waals surface area contributed by atoms with Gasteiger partial charge in [-0.3, -0.25) is 24.1 Å². The van der Waals surface area contributed by atoms with Crippen molar-refractivity contribution in [1.29, 1.82) is 0 Å². The van der Waals surface area contributed by atoms with E-state index in [1.54, 1.807) is 24.3 Å². The van der Waals surface area contributed by atoms with Crippen LogP contribution in [0.3, 0.4) is 0 Å². The second-order valence-corrected chi connectivity index (χ2v) is 9.04. The molecule has 1 saturated heterocycles. The van der Waals surface area contributed by atoms with E-state index in [-0.39, 0.29) is 29.6 Å². The topological polar surface area (TPSA) is 116 Å². The van der Waals surface area contributed by atoms with Crippen molar-refractivity contribution < 1.29 is 24.0 Å². The number of nitrogens with zero attached hydrogens (tertiary/aromatic N) is 2. The maximum Gasteiger partial charge on any atom is 0.325 e. The number of amides is 6. The highest BCUT2D eigenvalue weighted by Crippen LogP contribution is 2.36. The average Bonchev–Trinajstić information content (AvgIpc) is 3.45. The third kappa shape index (κ3) is 3.52. The molecule has 1 spiro atoms. The van der Waals surface area contributed by atoms with E-state index in [1.807, 2.05) is 0 Å². The summed E-state index contributed by atoms with van der Waals surface area (Å²) in [4.78, 5) is 64.9. The maximum atomic E-state index is 12.7. The van der Waals surface area contributed by atoms with Crippen LogP contribution in [0.1, 0.15) is 52.8 Å². The van der Waals surface area contributed by atoms with Gasteiger partial charge in [-0.1, -0.05) is 36.6 Å². The monoisotopic (exact) mass is 480 g/mol. The Morgan fingerprint density at radius 2 is 1.65 bits per heavy atom. The van der Waals surface area contributed by atoms with Crippen LogP contribution in [0.5, 0.6) is 0 Å². The van der Waals surface area contributed by atoms with Gasteiger partial charge in [0.2, 0.25) is 5.91 Å². The van der Waals surface area contributed by atoms with Gasteiger partial charge in [0.05, 0.1) is 21.8 Å². The largest absolute Gasteiger partial charge is 0.326 e. The molecule has 5 rings (SSSR count). The molecule has 0 unspecified atom stereocenters. The Hall–Kier alpha value is -3.72. The summed E-state index contributed by atoms with van der Waals surface area (Å²) >= 11 is 6.35. The van der Waals surface area contributed by atoms with E-state index in [1.165, 1.54) is 18.2 Å². The molecule has 9 nitrogen and oxygen atoms in total. The fourth-order valence-corrected chi connectivity index (χ4v) is 5.07. The maximum absolute atomic E-state index is 12.7. The molecule has 2 aliphatic heterocycles. The van der Waals surface area contributed by atoms with E-state index < -0.39 is 29.3 Å². The molecule has 1 saturated carbocycles. The number of fused-ring (bicyclic) bond motifs is 1. The predicted octanol–water partition coefficient (Wildman–Crippen LogP) is 3.33. The quantitative estimate of drug-likeness (QED) is 0.503. The van der Waals surface area contributed by atoms with E-state index in [0.29, 0.717) is 29.7 Å². The number of nitrogens with one attached hydrogen (secondary N) is 2. The van der Waals surface area contributed by atoms with Crippen LogP contribution in [0, 0.1) is 0 Å². The second-order valence-electron chi connectivity index (χ2n) is 8.63. The summed E-state index contributed by atoms with van der Waals surface area (Å²) in [6, 6.07) is 10.5. The van der Waals surface area contributed by atoms with Crippen molar-refractivity contribution in [2.45, 2.75) is 37.6 Å². The van der Waals surface area contributed by atoms with Gasteiger partial charge in [0.25, 0.3) is 17.7 Å². The zero-order valence-corrected chi connectivity index (χ0v) is 18.9. The number of anilines is 2. The molecule has 0 radical (unpaired) electrons. The average molecular weight is 481 g/mol. The molecule has 0 atom stereocenters. The van der Waals surface area contributed by atoms with Crippen molar-refractivity contribution in [2.24, 2.45) is 0 Å². The first-order valence-corrected chi connectivity index (χ1v) is 11.4. The summed E-state index contributed by atoms with van der Waals surface area (Å²) in [6.45, 7) is -0.0287. The lowest BCUT2D eigenvalue weighted by Crippen LogP contribution is -2.44. The van der Waals surface area contributed by atoms with Crippen LogP contribution in [-0.2, 0) is 9.59 Å². The van der Waals surface area contributed by atoms with Crippen LogP contribution < -0.4 is 15.5 Å². The molecule has 3 aliphatic rings. The molecule has 2 N–H and O–H groups in total. The van der Waals surface area contributed by atoms with Crippen LogP contribution in [-0.4, -0.2) is 46.6 Å². The van der Waals surface area contributed by atoms with Crippen LogP contribution in [0.15, 0.2) is 42.5 Å². The number of imide groups is 2. The van der Waals surface area contributed by atoms with Crippen LogP contribution in [0.25, 0.3) is 0 Å². The van der Waals surface area contributed by atoms with Gasteiger partial charge in [-0.15, -0.1) is 0 Å². The Morgan fingerprint density at radius 1 is 1.00 bits per heavy atom. The third-order valence-corrected chi connectivity index (χ3v) is 6.83. The minimum absolute atomic E-state index is 0.0287. The fraction of sp³-hybridized carbons (Fsp3) is 0.292. The smallest absolute Gasteiger partial charge is 0.325 e. The standard InChI is InChI=1S/C24H21ClN4O5/c25-17-13-14(7-8-18(17)29-20(31)15-5-1-2-6-16(15)21(29)32)26-19(30)9-12-28-22(33)24(27-23(28)34)10-3-4-11-24/h1-2,5-8,13H,3-4,9-12H2,(H,26,30)(H,27,34). The van der Waals surface area contributed by atoms with Crippen molar-refractivity contribution in [2.75, 3.05) is 16.8 Å². The molecule has 6 amide bonds. The van der Waals surface area contributed by atoms with Gasteiger partial charge in [0.15, 0.2) is 0 Å². The summed E-state index contributed by atoms with van der Waals surface area (Å²) in [6.07, 6.45) is 2.94. The number of carbonyl (C=O) groups excluding carboxylic acids is 5. The highest BCUT2D eigenvalue weighted by atomic mass is 35.5. The molecule has 0 bridgehead atoms. The normalized spacial score (nSPS) is 18.6. The van der Waals surface area contributed by atoms with E-state index in [9.17, 15) is 24.0 Å². The number of hydrogen-bond acceptors (Lipinski definition) is 5. The van der Waals surface area contributed by atoms with E-state index in [4.69, 9.17) is 11.6 Å². The number of urea groups is 1. The molecule has 2 heterocycles. The lowest BCUT2D eigenvalue weighted by Gasteiger charge is -2.20. The number of halogens is 1. The summed E-state index contributed by atoms with van der Waals surface area (Å²) in [5.74, 6) is -1.60. The van der Waals surface area contributed by atoms with Gasteiger partial charge in [-0.2, -0.15) is 0 Å². The van der Waals surface area contributed by atoms with Crippen molar-refractivity contribution in [3.63, 3.8) is 0 Å².